The van der Waals surface area contributed by atoms with Crippen LogP contribution in [0.3, 0.4) is 0 Å². The number of rotatable bonds is 4. The Balaban J connectivity index is 1.43. The van der Waals surface area contributed by atoms with Crippen LogP contribution in [0.1, 0.15) is 22.2 Å². The van der Waals surface area contributed by atoms with E-state index in [9.17, 15) is 10.1 Å². The zero-order valence-electron chi connectivity index (χ0n) is 16.0. The zero-order chi connectivity index (χ0) is 20.4. The second-order valence-corrected chi connectivity index (χ2v) is 7.36. The number of ether oxygens (including phenoxy) is 1. The molecule has 0 radical (unpaired) electrons. The number of hydrogen-bond acceptors (Lipinski definition) is 5. The number of carbonyl (C=O) groups is 1. The maximum atomic E-state index is 12.8. The van der Waals surface area contributed by atoms with Crippen molar-refractivity contribution in [3.8, 4) is 11.8 Å². The molecule has 1 aliphatic rings. The van der Waals surface area contributed by atoms with Gasteiger partial charge in [0.25, 0.3) is 5.91 Å². The van der Waals surface area contributed by atoms with Crippen molar-refractivity contribution in [3.05, 3.63) is 64.9 Å². The number of piperazine rings is 1. The van der Waals surface area contributed by atoms with Gasteiger partial charge in [0.2, 0.25) is 0 Å². The van der Waals surface area contributed by atoms with Crippen molar-refractivity contribution in [2.75, 3.05) is 33.3 Å². The highest BCUT2D eigenvalue weighted by atomic mass is 35.5. The molecule has 1 amide bonds. The molecule has 29 heavy (non-hydrogen) atoms. The predicted molar refractivity (Wildman–Crippen MR) is 110 cm³/mol. The Kier molecular flexibility index (Phi) is 5.43. The van der Waals surface area contributed by atoms with Crippen molar-refractivity contribution in [1.29, 1.82) is 5.26 Å². The van der Waals surface area contributed by atoms with Crippen LogP contribution in [0.4, 0.5) is 0 Å². The van der Waals surface area contributed by atoms with Crippen LogP contribution in [0.5, 0.6) is 5.75 Å². The van der Waals surface area contributed by atoms with Gasteiger partial charge in [-0.1, -0.05) is 23.7 Å². The summed E-state index contributed by atoms with van der Waals surface area (Å²) in [5, 5.41) is 11.1. The largest absolute Gasteiger partial charge is 0.497 e. The lowest BCUT2D eigenvalue weighted by molar-refractivity contribution is 0.0578. The molecule has 0 saturated carbocycles. The van der Waals surface area contributed by atoms with Gasteiger partial charge in [-0.3, -0.25) is 9.69 Å². The van der Waals surface area contributed by atoms with E-state index in [1.807, 2.05) is 24.3 Å². The first-order valence-corrected chi connectivity index (χ1v) is 9.73. The Hall–Kier alpha value is -3.01. The Bertz CT molecular complexity index is 1060. The Morgan fingerprint density at radius 3 is 2.52 bits per heavy atom. The summed E-state index contributed by atoms with van der Waals surface area (Å²) in [5.41, 5.74) is 1.56. The van der Waals surface area contributed by atoms with Gasteiger partial charge in [0.1, 0.15) is 17.4 Å². The molecule has 1 aliphatic heterocycles. The summed E-state index contributed by atoms with van der Waals surface area (Å²) >= 11 is 6.01. The van der Waals surface area contributed by atoms with Crippen molar-refractivity contribution in [2.24, 2.45) is 0 Å². The van der Waals surface area contributed by atoms with Gasteiger partial charge in [0, 0.05) is 36.6 Å². The van der Waals surface area contributed by atoms with Gasteiger partial charge in [0.15, 0.2) is 5.76 Å². The smallest absolute Gasteiger partial charge is 0.289 e. The van der Waals surface area contributed by atoms with Gasteiger partial charge in [-0.2, -0.15) is 5.26 Å². The molecule has 0 spiro atoms. The molecule has 0 bridgehead atoms. The lowest BCUT2D eigenvalue weighted by Crippen LogP contribution is -2.49. The van der Waals surface area contributed by atoms with E-state index in [4.69, 9.17) is 20.8 Å². The number of nitrogens with zero attached hydrogens (tertiary/aromatic N) is 3. The van der Waals surface area contributed by atoms with Crippen LogP contribution in [0.25, 0.3) is 11.0 Å². The first-order valence-electron chi connectivity index (χ1n) is 9.35. The minimum atomic E-state index is -0.355. The molecular formula is C22H20ClN3O3. The van der Waals surface area contributed by atoms with Gasteiger partial charge in [-0.25, -0.2) is 0 Å². The van der Waals surface area contributed by atoms with E-state index in [1.54, 1.807) is 36.3 Å². The molecule has 4 rings (SSSR count). The van der Waals surface area contributed by atoms with Crippen LogP contribution in [0, 0.1) is 11.3 Å². The summed E-state index contributed by atoms with van der Waals surface area (Å²) in [6.45, 7) is 2.29. The molecule has 3 aromatic rings. The number of carbonyl (C=O) groups excluding carboxylic acids is 1. The lowest BCUT2D eigenvalue weighted by atomic mass is 10.1. The van der Waals surface area contributed by atoms with E-state index in [2.05, 4.69) is 11.0 Å². The van der Waals surface area contributed by atoms with Crippen molar-refractivity contribution in [2.45, 2.75) is 6.04 Å². The van der Waals surface area contributed by atoms with Crippen LogP contribution in [0.15, 0.2) is 52.9 Å². The van der Waals surface area contributed by atoms with Crippen LogP contribution >= 0.6 is 11.6 Å². The fourth-order valence-electron chi connectivity index (χ4n) is 3.61. The lowest BCUT2D eigenvalue weighted by Gasteiger charge is -2.36. The first kappa shape index (κ1) is 19.3. The van der Waals surface area contributed by atoms with E-state index in [0.717, 1.165) is 16.7 Å². The summed E-state index contributed by atoms with van der Waals surface area (Å²) < 4.78 is 10.9. The summed E-state index contributed by atoms with van der Waals surface area (Å²) in [6.07, 6.45) is 0. The Morgan fingerprint density at radius 1 is 1.14 bits per heavy atom. The van der Waals surface area contributed by atoms with Crippen molar-refractivity contribution in [1.82, 2.24) is 9.80 Å². The number of fused-ring (bicyclic) bond motifs is 1. The maximum absolute atomic E-state index is 12.8. The molecule has 1 unspecified atom stereocenters. The number of hydrogen-bond donors (Lipinski definition) is 0. The molecule has 2 aromatic carbocycles. The average molecular weight is 410 g/mol. The third-order valence-corrected chi connectivity index (χ3v) is 5.44. The van der Waals surface area contributed by atoms with E-state index in [0.29, 0.717) is 42.5 Å². The molecule has 6 nitrogen and oxygen atoms in total. The summed E-state index contributed by atoms with van der Waals surface area (Å²) in [4.78, 5) is 16.7. The van der Waals surface area contributed by atoms with Gasteiger partial charge in [-0.15, -0.1) is 0 Å². The quantitative estimate of drug-likeness (QED) is 0.648. The van der Waals surface area contributed by atoms with Crippen LogP contribution < -0.4 is 4.74 Å². The van der Waals surface area contributed by atoms with Gasteiger partial charge in [-0.05, 0) is 42.0 Å². The van der Waals surface area contributed by atoms with E-state index in [1.165, 1.54) is 0 Å². The molecular weight excluding hydrogens is 390 g/mol. The minimum Gasteiger partial charge on any atom is -0.497 e. The van der Waals surface area contributed by atoms with E-state index in [-0.39, 0.29) is 11.9 Å². The fraction of sp³-hybridized carbons (Fsp3) is 0.273. The summed E-state index contributed by atoms with van der Waals surface area (Å²) in [7, 11) is 1.61. The molecule has 148 valence electrons. The third-order valence-electron chi connectivity index (χ3n) is 5.21. The number of benzene rings is 2. The zero-order valence-corrected chi connectivity index (χ0v) is 16.7. The van der Waals surface area contributed by atoms with E-state index < -0.39 is 0 Å². The number of nitriles is 1. The third kappa shape index (κ3) is 3.93. The van der Waals surface area contributed by atoms with Crippen molar-refractivity contribution >= 4 is 28.5 Å². The fourth-order valence-corrected chi connectivity index (χ4v) is 3.79. The second kappa shape index (κ2) is 8.16. The summed E-state index contributed by atoms with van der Waals surface area (Å²) in [6, 6.07) is 16.5. The standard InChI is InChI=1S/C22H20ClN3O3/c1-28-18-5-2-15(3-6-18)19(14-24)25-8-10-26(11-9-25)22(27)21-13-16-12-17(23)4-7-20(16)29-21/h2-7,12-13,19H,8-11H2,1H3. The topological polar surface area (TPSA) is 69.7 Å². The highest BCUT2D eigenvalue weighted by Gasteiger charge is 2.28. The molecule has 1 saturated heterocycles. The van der Waals surface area contributed by atoms with Gasteiger partial charge >= 0.3 is 0 Å². The first-order chi connectivity index (χ1) is 14.1. The Labute approximate surface area is 173 Å². The van der Waals surface area contributed by atoms with Crippen LogP contribution in [-0.4, -0.2) is 49.0 Å². The highest BCUT2D eigenvalue weighted by molar-refractivity contribution is 6.31. The Morgan fingerprint density at radius 2 is 1.86 bits per heavy atom. The number of halogens is 1. The minimum absolute atomic E-state index is 0.144. The summed E-state index contributed by atoms with van der Waals surface area (Å²) in [5.74, 6) is 0.922. The molecule has 1 aromatic heterocycles. The average Bonchev–Trinajstić information content (AvgIpc) is 3.18. The SMILES string of the molecule is COc1ccc(C(C#N)N2CCN(C(=O)c3cc4cc(Cl)ccc4o3)CC2)cc1. The van der Waals surface area contributed by atoms with Crippen molar-refractivity contribution < 1.29 is 13.9 Å². The molecule has 7 heteroatoms. The second-order valence-electron chi connectivity index (χ2n) is 6.93. The van der Waals surface area contributed by atoms with Gasteiger partial charge in [0.05, 0.1) is 13.2 Å². The molecule has 0 N–H and O–H groups in total. The monoisotopic (exact) mass is 409 g/mol. The molecule has 2 heterocycles. The number of amides is 1. The molecule has 1 atom stereocenters. The normalized spacial score (nSPS) is 15.8. The van der Waals surface area contributed by atoms with Crippen molar-refractivity contribution in [3.63, 3.8) is 0 Å². The van der Waals surface area contributed by atoms with Crippen LogP contribution in [0.2, 0.25) is 5.02 Å². The molecule has 0 aliphatic carbocycles. The number of methoxy groups -OCH3 is 1. The predicted octanol–water partition coefficient (Wildman–Crippen LogP) is 4.12. The highest BCUT2D eigenvalue weighted by Crippen LogP contribution is 2.26. The number of furan rings is 1. The van der Waals surface area contributed by atoms with Crippen LogP contribution in [-0.2, 0) is 0 Å². The maximum Gasteiger partial charge on any atom is 0.289 e. The van der Waals surface area contributed by atoms with Gasteiger partial charge < -0.3 is 14.1 Å². The molecule has 1 fully saturated rings. The van der Waals surface area contributed by atoms with E-state index >= 15 is 0 Å².